The molecule has 2 unspecified atom stereocenters. The van der Waals surface area contributed by atoms with Crippen molar-refractivity contribution in [2.24, 2.45) is 11.8 Å². The van der Waals surface area contributed by atoms with Crippen LogP contribution >= 0.6 is 11.8 Å². The van der Waals surface area contributed by atoms with Gasteiger partial charge in [-0.25, -0.2) is 0 Å². The molecule has 3 amide bonds. The smallest absolute Gasteiger partial charge is 0.248 e. The number of amides is 3. The number of likely N-dealkylation sites (tertiary alicyclic amines) is 1. The monoisotopic (exact) mass is 594 g/mol. The third kappa shape index (κ3) is 5.58. The molecule has 3 heterocycles. The highest BCUT2D eigenvalue weighted by Gasteiger charge is 2.73. The molecule has 3 N–H and O–H groups in total. The lowest BCUT2D eigenvalue weighted by Crippen LogP contribution is -2.51. The molecule has 3 aliphatic heterocycles. The molecule has 1 spiro atoms. The van der Waals surface area contributed by atoms with Gasteiger partial charge in [-0.3, -0.25) is 14.4 Å². The number of anilines is 3. The number of unbranched alkanes of at least 4 members (excludes halogenated alkanes) is 1. The van der Waals surface area contributed by atoms with Crippen LogP contribution in [0.25, 0.3) is 0 Å². The van der Waals surface area contributed by atoms with E-state index in [4.69, 9.17) is 4.74 Å². The van der Waals surface area contributed by atoms with Crippen molar-refractivity contribution in [3.63, 3.8) is 0 Å². The van der Waals surface area contributed by atoms with Gasteiger partial charge in [0.25, 0.3) is 0 Å². The fraction of sp³-hybridized carbons (Fsp3) is 0.531. The second-order valence-corrected chi connectivity index (χ2v) is 12.8. The molecule has 2 aromatic rings. The predicted molar refractivity (Wildman–Crippen MR) is 167 cm³/mol. The first kappa shape index (κ1) is 30.2. The Labute approximate surface area is 252 Å². The van der Waals surface area contributed by atoms with Gasteiger partial charge in [-0.05, 0) is 95.0 Å². The summed E-state index contributed by atoms with van der Waals surface area (Å²) in [5.74, 6) is -0.892. The molecule has 2 aromatic carbocycles. The summed E-state index contributed by atoms with van der Waals surface area (Å²) in [5.41, 5.74) is 2.42. The third-order valence-corrected chi connectivity index (χ3v) is 10.8. The standard InChI is InChI=1S/C32H42N4O5S/c1-4-35(5-2)23-13-9-21(10-14-23)34-30(39)28-32-18-17-25(42-32)26(27(32)31(40)36(28)19-7-8-20-37)29(38)33-22-11-15-24(16-12-22)41-6-3/h9-16,25-28,37H,4-8,17-20H2,1-3H3,(H,33,38)(H,34,39)/t25-,26+,27+,28?,32?/m1/s1. The number of rotatable bonds is 13. The molecule has 0 saturated carbocycles. The zero-order valence-electron chi connectivity index (χ0n) is 24.7. The second kappa shape index (κ2) is 13.0. The van der Waals surface area contributed by atoms with Gasteiger partial charge in [0, 0.05) is 48.6 Å². The SMILES string of the molecule is CCOc1ccc(NC(=O)[C@@H]2[C@H]3C(=O)N(CCCCO)C(C(=O)Nc4ccc(N(CC)CC)cc4)C34CC[C@H]2S4)cc1. The molecule has 5 rings (SSSR count). The summed E-state index contributed by atoms with van der Waals surface area (Å²) in [6.45, 7) is 8.87. The molecule has 10 heteroatoms. The second-order valence-electron chi connectivity index (χ2n) is 11.2. The molecule has 2 bridgehead atoms. The van der Waals surface area contributed by atoms with Crippen LogP contribution in [0.15, 0.2) is 48.5 Å². The molecule has 3 aliphatic rings. The Morgan fingerprint density at radius 2 is 1.64 bits per heavy atom. The Bertz CT molecular complexity index is 1270. The molecule has 3 fully saturated rings. The maximum absolute atomic E-state index is 14.1. The maximum atomic E-state index is 14.1. The number of aliphatic hydroxyl groups is 1. The third-order valence-electron chi connectivity index (χ3n) is 8.85. The Morgan fingerprint density at radius 3 is 2.26 bits per heavy atom. The van der Waals surface area contributed by atoms with Gasteiger partial charge in [0.05, 0.1) is 23.2 Å². The molecule has 0 aromatic heterocycles. The van der Waals surface area contributed by atoms with E-state index in [0.29, 0.717) is 43.8 Å². The van der Waals surface area contributed by atoms with Crippen LogP contribution < -0.4 is 20.3 Å². The minimum atomic E-state index is -0.686. The lowest BCUT2D eigenvalue weighted by atomic mass is 9.70. The van der Waals surface area contributed by atoms with Crippen molar-refractivity contribution in [2.75, 3.05) is 48.4 Å². The molecule has 3 saturated heterocycles. The number of thioether (sulfide) groups is 1. The summed E-state index contributed by atoms with van der Waals surface area (Å²) in [6, 6.07) is 14.4. The predicted octanol–water partition coefficient (Wildman–Crippen LogP) is 4.37. The van der Waals surface area contributed by atoms with E-state index in [1.807, 2.05) is 43.3 Å². The topological polar surface area (TPSA) is 111 Å². The number of hydrogen-bond donors (Lipinski definition) is 3. The number of nitrogens with zero attached hydrogens (tertiary/aromatic N) is 2. The minimum Gasteiger partial charge on any atom is -0.494 e. The number of fused-ring (bicyclic) bond motifs is 1. The van der Waals surface area contributed by atoms with E-state index in [0.717, 1.165) is 30.9 Å². The largest absolute Gasteiger partial charge is 0.494 e. The summed E-state index contributed by atoms with van der Waals surface area (Å²) >= 11 is 1.65. The summed E-state index contributed by atoms with van der Waals surface area (Å²) in [7, 11) is 0. The molecule has 226 valence electrons. The van der Waals surface area contributed by atoms with E-state index in [-0.39, 0.29) is 29.6 Å². The zero-order chi connectivity index (χ0) is 29.9. The van der Waals surface area contributed by atoms with E-state index >= 15 is 0 Å². The van der Waals surface area contributed by atoms with E-state index in [9.17, 15) is 19.5 Å². The summed E-state index contributed by atoms with van der Waals surface area (Å²) < 4.78 is 4.85. The van der Waals surface area contributed by atoms with Gasteiger partial charge in [0.2, 0.25) is 17.7 Å². The molecular weight excluding hydrogens is 552 g/mol. The Kier molecular flexibility index (Phi) is 9.32. The van der Waals surface area contributed by atoms with Gasteiger partial charge in [0.1, 0.15) is 11.8 Å². The Balaban J connectivity index is 1.38. The molecule has 9 nitrogen and oxygen atoms in total. The highest BCUT2D eigenvalue weighted by molar-refractivity contribution is 8.02. The van der Waals surface area contributed by atoms with Crippen LogP contribution in [0, 0.1) is 11.8 Å². The first-order chi connectivity index (χ1) is 20.4. The summed E-state index contributed by atoms with van der Waals surface area (Å²) in [6.07, 6.45) is 2.62. The molecular formula is C32H42N4O5S. The minimum absolute atomic E-state index is 0.0232. The number of nitrogens with one attached hydrogen (secondary N) is 2. The normalized spacial score (nSPS) is 25.8. The number of aliphatic hydroxyl groups excluding tert-OH is 1. The number of ether oxygens (including phenoxy) is 1. The average molecular weight is 595 g/mol. The highest BCUT2D eigenvalue weighted by atomic mass is 32.2. The van der Waals surface area contributed by atoms with Crippen molar-refractivity contribution < 1.29 is 24.2 Å². The fourth-order valence-corrected chi connectivity index (χ4v) is 9.19. The van der Waals surface area contributed by atoms with Crippen LogP contribution in [-0.2, 0) is 14.4 Å². The molecule has 42 heavy (non-hydrogen) atoms. The van der Waals surface area contributed by atoms with Crippen molar-refractivity contribution in [3.05, 3.63) is 48.5 Å². The van der Waals surface area contributed by atoms with Crippen LogP contribution in [0.2, 0.25) is 0 Å². The lowest BCUT2D eigenvalue weighted by molar-refractivity contribution is -0.138. The molecule has 0 radical (unpaired) electrons. The van der Waals surface area contributed by atoms with E-state index in [1.165, 1.54) is 0 Å². The van der Waals surface area contributed by atoms with Crippen LogP contribution in [0.5, 0.6) is 5.75 Å². The van der Waals surface area contributed by atoms with Crippen molar-refractivity contribution in [1.82, 2.24) is 4.90 Å². The highest BCUT2D eigenvalue weighted by Crippen LogP contribution is 2.66. The van der Waals surface area contributed by atoms with Gasteiger partial charge in [-0.15, -0.1) is 11.8 Å². The van der Waals surface area contributed by atoms with E-state index in [1.54, 1.807) is 28.8 Å². The van der Waals surface area contributed by atoms with E-state index < -0.39 is 22.6 Å². The first-order valence-electron chi connectivity index (χ1n) is 15.2. The van der Waals surface area contributed by atoms with E-state index in [2.05, 4.69) is 29.4 Å². The maximum Gasteiger partial charge on any atom is 0.248 e. The Hall–Kier alpha value is -3.24. The van der Waals surface area contributed by atoms with Gasteiger partial charge < -0.3 is 30.3 Å². The van der Waals surface area contributed by atoms with Gasteiger partial charge in [-0.1, -0.05) is 0 Å². The number of carbonyl (C=O) groups excluding carboxylic acids is 3. The van der Waals surface area contributed by atoms with Gasteiger partial charge in [0.15, 0.2) is 0 Å². The van der Waals surface area contributed by atoms with Crippen LogP contribution in [-0.4, -0.2) is 76.6 Å². The number of hydrogen-bond acceptors (Lipinski definition) is 7. The summed E-state index contributed by atoms with van der Waals surface area (Å²) in [5, 5.41) is 15.5. The first-order valence-corrected chi connectivity index (χ1v) is 16.0. The molecule has 0 aliphatic carbocycles. The average Bonchev–Trinajstić information content (AvgIpc) is 3.63. The van der Waals surface area contributed by atoms with Crippen molar-refractivity contribution in [1.29, 1.82) is 0 Å². The fourth-order valence-electron chi connectivity index (χ4n) is 6.97. The van der Waals surface area contributed by atoms with Gasteiger partial charge >= 0.3 is 0 Å². The number of carbonyl (C=O) groups is 3. The lowest BCUT2D eigenvalue weighted by Gasteiger charge is -2.34. The quantitative estimate of drug-likeness (QED) is 0.295. The summed E-state index contributed by atoms with van der Waals surface area (Å²) in [4.78, 5) is 45.7. The Morgan fingerprint density at radius 1 is 1.00 bits per heavy atom. The van der Waals surface area contributed by atoms with Crippen LogP contribution in [0.1, 0.15) is 46.5 Å². The van der Waals surface area contributed by atoms with Crippen molar-refractivity contribution in [3.8, 4) is 5.75 Å². The van der Waals surface area contributed by atoms with Crippen LogP contribution in [0.3, 0.4) is 0 Å². The van der Waals surface area contributed by atoms with Crippen molar-refractivity contribution >= 4 is 46.5 Å². The van der Waals surface area contributed by atoms with Crippen molar-refractivity contribution in [2.45, 2.75) is 62.5 Å². The zero-order valence-corrected chi connectivity index (χ0v) is 25.5. The van der Waals surface area contributed by atoms with Crippen LogP contribution in [0.4, 0.5) is 17.1 Å². The number of benzene rings is 2. The van der Waals surface area contributed by atoms with Gasteiger partial charge in [-0.2, -0.15) is 0 Å². The molecule has 5 atom stereocenters.